The Hall–Kier alpha value is -3.79. The highest BCUT2D eigenvalue weighted by Gasteiger charge is 2.13. The average molecular weight is 442 g/mol. The number of hydrogen-bond acceptors (Lipinski definition) is 6. The highest BCUT2D eigenvalue weighted by atomic mass is 32.1. The van der Waals surface area contributed by atoms with Crippen LogP contribution in [0.2, 0.25) is 0 Å². The molecule has 0 unspecified atom stereocenters. The molecule has 0 radical (unpaired) electrons. The summed E-state index contributed by atoms with van der Waals surface area (Å²) in [5.74, 6) is -1.92. The third-order valence-electron chi connectivity index (χ3n) is 4.00. The molecule has 3 amide bonds. The van der Waals surface area contributed by atoms with E-state index in [4.69, 9.17) is 12.2 Å². The van der Waals surface area contributed by atoms with Crippen molar-refractivity contribution in [2.45, 2.75) is 13.8 Å². The quantitative estimate of drug-likeness (QED) is 0.317. The van der Waals surface area contributed by atoms with Gasteiger partial charge in [-0.25, -0.2) is 4.79 Å². The lowest BCUT2D eigenvalue weighted by atomic mass is 10.1. The number of esters is 1. The van der Waals surface area contributed by atoms with Gasteiger partial charge in [0.15, 0.2) is 5.11 Å². The van der Waals surface area contributed by atoms with Crippen LogP contribution >= 0.6 is 12.2 Å². The molecule has 0 saturated carbocycles. The van der Waals surface area contributed by atoms with Crippen LogP contribution in [0.5, 0.6) is 0 Å². The number of amides is 3. The van der Waals surface area contributed by atoms with Crippen LogP contribution in [0.15, 0.2) is 48.5 Å². The van der Waals surface area contributed by atoms with Gasteiger partial charge in [-0.1, -0.05) is 19.9 Å². The number of hydrazine groups is 1. The number of nitrogens with one attached hydrogen (secondary N) is 4. The summed E-state index contributed by atoms with van der Waals surface area (Å²) in [5, 5.41) is 4.99. The van der Waals surface area contributed by atoms with E-state index in [9.17, 15) is 19.2 Å². The number of ether oxygens (including phenoxy) is 1. The first-order valence-corrected chi connectivity index (χ1v) is 9.63. The summed E-state index contributed by atoms with van der Waals surface area (Å²) in [6.07, 6.45) is 0. The number of rotatable bonds is 5. The van der Waals surface area contributed by atoms with Crippen LogP contribution in [0.25, 0.3) is 0 Å². The third-order valence-corrected chi connectivity index (χ3v) is 4.21. The molecule has 0 aliphatic heterocycles. The predicted octanol–water partition coefficient (Wildman–Crippen LogP) is 2.02. The van der Waals surface area contributed by atoms with Gasteiger partial charge in [-0.05, 0) is 54.7 Å². The maximum Gasteiger partial charge on any atom is 0.337 e. The first-order chi connectivity index (χ1) is 14.7. The number of thiocarbonyl (C=S) groups is 1. The first-order valence-electron chi connectivity index (χ1n) is 9.22. The zero-order valence-corrected chi connectivity index (χ0v) is 18.0. The lowest BCUT2D eigenvalue weighted by molar-refractivity contribution is -0.118. The van der Waals surface area contributed by atoms with E-state index in [0.29, 0.717) is 11.3 Å². The number of benzene rings is 2. The van der Waals surface area contributed by atoms with E-state index in [2.05, 4.69) is 26.2 Å². The maximum absolute atomic E-state index is 12.3. The van der Waals surface area contributed by atoms with Gasteiger partial charge in [0.1, 0.15) is 0 Å². The summed E-state index contributed by atoms with van der Waals surface area (Å²) in [5.41, 5.74) is 6.09. The van der Waals surface area contributed by atoms with Gasteiger partial charge in [-0.15, -0.1) is 0 Å². The highest BCUT2D eigenvalue weighted by Crippen LogP contribution is 2.11. The largest absolute Gasteiger partial charge is 0.465 e. The number of hydrogen-bond donors (Lipinski definition) is 4. The molecule has 10 heteroatoms. The standard InChI is InChI=1S/C21H22N4O5S/c1-12(2)17(26)22-16-9-7-13(8-10-16)19(28)24-25-21(31)23-18(27)14-5-4-6-15(11-14)20(29)30-3/h4-12H,1-3H3,(H,22,26)(H,24,28)(H2,23,25,27,31). The Morgan fingerprint density at radius 1 is 0.871 bits per heavy atom. The first kappa shape index (κ1) is 23.5. The molecular formula is C21H22N4O5S. The SMILES string of the molecule is COC(=O)c1cccc(C(=O)NC(=S)NNC(=O)c2ccc(NC(=O)C(C)C)cc2)c1. The van der Waals surface area contributed by atoms with E-state index < -0.39 is 17.8 Å². The second kappa shape index (κ2) is 10.8. The average Bonchev–Trinajstić information content (AvgIpc) is 2.77. The maximum atomic E-state index is 12.3. The Labute approximate surface area is 184 Å². The fourth-order valence-electron chi connectivity index (χ4n) is 2.29. The molecule has 0 bridgehead atoms. The van der Waals surface area contributed by atoms with Crippen LogP contribution in [-0.4, -0.2) is 35.9 Å². The molecule has 162 valence electrons. The number of methoxy groups -OCH3 is 1. The minimum absolute atomic E-state index is 0.128. The van der Waals surface area contributed by atoms with Gasteiger partial charge in [-0.2, -0.15) is 0 Å². The van der Waals surface area contributed by atoms with Crippen LogP contribution in [0.4, 0.5) is 5.69 Å². The van der Waals surface area contributed by atoms with Gasteiger partial charge >= 0.3 is 5.97 Å². The Morgan fingerprint density at radius 3 is 2.13 bits per heavy atom. The molecule has 4 N–H and O–H groups in total. The van der Waals surface area contributed by atoms with E-state index in [1.54, 1.807) is 26.0 Å². The van der Waals surface area contributed by atoms with Crippen molar-refractivity contribution >= 4 is 46.7 Å². The highest BCUT2D eigenvalue weighted by molar-refractivity contribution is 7.80. The molecule has 0 aromatic heterocycles. The Kier molecular flexibility index (Phi) is 8.21. The zero-order chi connectivity index (χ0) is 23.0. The van der Waals surface area contributed by atoms with Crippen molar-refractivity contribution in [2.75, 3.05) is 12.4 Å². The smallest absolute Gasteiger partial charge is 0.337 e. The van der Waals surface area contributed by atoms with E-state index in [1.165, 1.54) is 43.5 Å². The van der Waals surface area contributed by atoms with Gasteiger partial charge in [0, 0.05) is 22.7 Å². The van der Waals surface area contributed by atoms with Crippen molar-refractivity contribution in [3.8, 4) is 0 Å². The van der Waals surface area contributed by atoms with Gasteiger partial charge in [0.05, 0.1) is 12.7 Å². The van der Waals surface area contributed by atoms with E-state index >= 15 is 0 Å². The molecule has 0 saturated heterocycles. The van der Waals surface area contributed by atoms with E-state index in [0.717, 1.165) is 0 Å². The topological polar surface area (TPSA) is 126 Å². The molecular weight excluding hydrogens is 420 g/mol. The van der Waals surface area contributed by atoms with Gasteiger partial charge in [0.2, 0.25) is 5.91 Å². The number of carbonyl (C=O) groups excluding carboxylic acids is 4. The van der Waals surface area contributed by atoms with Crippen molar-refractivity contribution in [2.24, 2.45) is 5.92 Å². The Bertz CT molecular complexity index is 1010. The Morgan fingerprint density at radius 2 is 1.52 bits per heavy atom. The molecule has 0 aliphatic carbocycles. The minimum Gasteiger partial charge on any atom is -0.465 e. The fraction of sp³-hybridized carbons (Fsp3) is 0.190. The van der Waals surface area contributed by atoms with Crippen LogP contribution < -0.4 is 21.5 Å². The van der Waals surface area contributed by atoms with Crippen molar-refractivity contribution < 1.29 is 23.9 Å². The second-order valence-electron chi connectivity index (χ2n) is 6.66. The summed E-state index contributed by atoms with van der Waals surface area (Å²) in [4.78, 5) is 47.7. The van der Waals surface area contributed by atoms with Crippen LogP contribution in [0, 0.1) is 5.92 Å². The van der Waals surface area contributed by atoms with E-state index in [1.807, 2.05) is 0 Å². The molecule has 9 nitrogen and oxygen atoms in total. The second-order valence-corrected chi connectivity index (χ2v) is 7.06. The zero-order valence-electron chi connectivity index (χ0n) is 17.1. The van der Waals surface area contributed by atoms with Crippen molar-refractivity contribution in [3.63, 3.8) is 0 Å². The van der Waals surface area contributed by atoms with Crippen molar-refractivity contribution in [1.82, 2.24) is 16.2 Å². The summed E-state index contributed by atoms with van der Waals surface area (Å²) < 4.78 is 4.62. The lowest BCUT2D eigenvalue weighted by Gasteiger charge is -2.12. The molecule has 2 aromatic rings. The molecule has 0 heterocycles. The number of anilines is 1. The monoisotopic (exact) mass is 442 g/mol. The predicted molar refractivity (Wildman–Crippen MR) is 118 cm³/mol. The van der Waals surface area contributed by atoms with Crippen molar-refractivity contribution in [3.05, 3.63) is 65.2 Å². The number of carbonyl (C=O) groups is 4. The molecule has 0 aliphatic rings. The van der Waals surface area contributed by atoms with Gasteiger partial charge < -0.3 is 10.1 Å². The molecule has 2 aromatic carbocycles. The van der Waals surface area contributed by atoms with E-state index in [-0.39, 0.29) is 28.1 Å². The fourth-order valence-corrected chi connectivity index (χ4v) is 2.43. The van der Waals surface area contributed by atoms with Gasteiger partial charge in [0.25, 0.3) is 11.8 Å². The molecule has 2 rings (SSSR count). The molecule has 31 heavy (non-hydrogen) atoms. The van der Waals surface area contributed by atoms with Crippen LogP contribution in [0.1, 0.15) is 44.9 Å². The van der Waals surface area contributed by atoms with Gasteiger partial charge in [-0.3, -0.25) is 30.6 Å². The molecule has 0 spiro atoms. The summed E-state index contributed by atoms with van der Waals surface area (Å²) in [6, 6.07) is 12.2. The third kappa shape index (κ3) is 6.89. The normalized spacial score (nSPS) is 10.1. The van der Waals surface area contributed by atoms with Crippen molar-refractivity contribution in [1.29, 1.82) is 0 Å². The lowest BCUT2D eigenvalue weighted by Crippen LogP contribution is -2.48. The minimum atomic E-state index is -0.572. The van der Waals surface area contributed by atoms with Crippen LogP contribution in [0.3, 0.4) is 0 Å². The summed E-state index contributed by atoms with van der Waals surface area (Å²) in [6.45, 7) is 3.56. The molecule has 0 atom stereocenters. The Balaban J connectivity index is 1.88. The summed E-state index contributed by atoms with van der Waals surface area (Å²) in [7, 11) is 1.24. The molecule has 0 fully saturated rings. The van der Waals surface area contributed by atoms with Crippen LogP contribution in [-0.2, 0) is 9.53 Å². The summed E-state index contributed by atoms with van der Waals surface area (Å²) >= 11 is 5.00.